The molecule has 96 valence electrons. The van der Waals surface area contributed by atoms with E-state index in [4.69, 9.17) is 23.2 Å². The van der Waals surface area contributed by atoms with Crippen LogP contribution in [0.25, 0.3) is 0 Å². The van der Waals surface area contributed by atoms with Crippen molar-refractivity contribution in [1.29, 1.82) is 0 Å². The van der Waals surface area contributed by atoms with Gasteiger partial charge in [0.05, 0.1) is 32.5 Å². The summed E-state index contributed by atoms with van der Waals surface area (Å²) in [7, 11) is 1.89. The third-order valence-corrected chi connectivity index (χ3v) is 3.93. The van der Waals surface area contributed by atoms with Gasteiger partial charge in [-0.3, -0.25) is 4.98 Å². The van der Waals surface area contributed by atoms with Crippen LogP contribution in [-0.2, 0) is 6.42 Å². The Hall–Kier alpha value is -0.680. The fourth-order valence-corrected chi connectivity index (χ4v) is 2.87. The summed E-state index contributed by atoms with van der Waals surface area (Å²) >= 11 is 13.7. The molecular formula is C12H13Cl2N3S. The molecule has 0 saturated carbocycles. The first-order valence-corrected chi connectivity index (χ1v) is 7.13. The summed E-state index contributed by atoms with van der Waals surface area (Å²) in [6.45, 7) is 2.00. The molecule has 0 aliphatic rings. The monoisotopic (exact) mass is 301 g/mol. The van der Waals surface area contributed by atoms with Crippen LogP contribution in [0.1, 0.15) is 22.4 Å². The lowest BCUT2D eigenvalue weighted by molar-refractivity contribution is 0.570. The third-order valence-electron chi connectivity index (χ3n) is 2.59. The van der Waals surface area contributed by atoms with Crippen LogP contribution in [0.15, 0.2) is 17.6 Å². The molecule has 0 fully saturated rings. The van der Waals surface area contributed by atoms with Gasteiger partial charge in [-0.1, -0.05) is 23.2 Å². The Morgan fingerprint density at radius 3 is 2.78 bits per heavy atom. The third kappa shape index (κ3) is 3.20. The van der Waals surface area contributed by atoms with E-state index in [0.29, 0.717) is 10.0 Å². The Morgan fingerprint density at radius 2 is 2.22 bits per heavy atom. The van der Waals surface area contributed by atoms with Crippen molar-refractivity contribution < 1.29 is 0 Å². The number of likely N-dealkylation sites (N-methyl/N-ethyl adjacent to an activating group) is 1. The first kappa shape index (κ1) is 13.7. The minimum absolute atomic E-state index is 0.0382. The van der Waals surface area contributed by atoms with E-state index < -0.39 is 0 Å². The largest absolute Gasteiger partial charge is 0.311 e. The minimum Gasteiger partial charge on any atom is -0.311 e. The molecule has 0 radical (unpaired) electrons. The lowest BCUT2D eigenvalue weighted by atomic mass is 10.1. The summed E-state index contributed by atoms with van der Waals surface area (Å²) in [6.07, 6.45) is 2.37. The van der Waals surface area contributed by atoms with Crippen LogP contribution in [0.2, 0.25) is 10.0 Å². The first-order valence-electron chi connectivity index (χ1n) is 5.49. The number of pyridine rings is 1. The van der Waals surface area contributed by atoms with E-state index in [9.17, 15) is 0 Å². The van der Waals surface area contributed by atoms with Crippen molar-refractivity contribution >= 4 is 34.5 Å². The Kier molecular flexibility index (Phi) is 4.56. The van der Waals surface area contributed by atoms with Crippen LogP contribution < -0.4 is 5.32 Å². The summed E-state index contributed by atoms with van der Waals surface area (Å²) in [5.41, 5.74) is 1.85. The molecule has 6 heteroatoms. The highest BCUT2D eigenvalue weighted by molar-refractivity contribution is 7.09. The molecule has 2 heterocycles. The number of nitrogens with zero attached hydrogens (tertiary/aromatic N) is 2. The van der Waals surface area contributed by atoms with E-state index in [1.807, 2.05) is 14.0 Å². The minimum atomic E-state index is 0.0382. The molecule has 2 aromatic rings. The Labute approximate surface area is 120 Å². The second kappa shape index (κ2) is 5.97. The van der Waals surface area contributed by atoms with Gasteiger partial charge in [-0.25, -0.2) is 4.98 Å². The van der Waals surface area contributed by atoms with Gasteiger partial charge in [0.1, 0.15) is 0 Å². The zero-order valence-corrected chi connectivity index (χ0v) is 12.4. The van der Waals surface area contributed by atoms with E-state index in [2.05, 4.69) is 20.7 Å². The van der Waals surface area contributed by atoms with Crippen LogP contribution in [0, 0.1) is 6.92 Å². The molecule has 1 N–H and O–H groups in total. The van der Waals surface area contributed by atoms with Gasteiger partial charge in [-0.15, -0.1) is 11.3 Å². The smallest absolute Gasteiger partial charge is 0.0897 e. The number of thiazole rings is 1. The zero-order valence-electron chi connectivity index (χ0n) is 10.1. The lowest BCUT2D eigenvalue weighted by Crippen LogP contribution is -2.20. The normalized spacial score (nSPS) is 12.7. The quantitative estimate of drug-likeness (QED) is 0.936. The fraction of sp³-hybridized carbons (Fsp3) is 0.333. The van der Waals surface area contributed by atoms with Crippen molar-refractivity contribution in [2.45, 2.75) is 19.4 Å². The van der Waals surface area contributed by atoms with E-state index in [1.54, 1.807) is 23.6 Å². The highest BCUT2D eigenvalue weighted by Crippen LogP contribution is 2.26. The van der Waals surface area contributed by atoms with Crippen molar-refractivity contribution in [3.05, 3.63) is 44.1 Å². The summed E-state index contributed by atoms with van der Waals surface area (Å²) in [5.74, 6) is 0. The molecule has 3 nitrogen and oxygen atoms in total. The van der Waals surface area contributed by atoms with Crippen LogP contribution in [0.4, 0.5) is 0 Å². The Morgan fingerprint density at radius 1 is 1.44 bits per heavy atom. The van der Waals surface area contributed by atoms with Crippen molar-refractivity contribution in [2.75, 3.05) is 7.05 Å². The molecule has 0 aromatic carbocycles. The van der Waals surface area contributed by atoms with E-state index in [0.717, 1.165) is 22.8 Å². The van der Waals surface area contributed by atoms with Gasteiger partial charge in [0, 0.05) is 18.0 Å². The van der Waals surface area contributed by atoms with E-state index >= 15 is 0 Å². The van der Waals surface area contributed by atoms with E-state index in [1.165, 1.54) is 0 Å². The molecule has 0 bridgehead atoms. The van der Waals surface area contributed by atoms with Crippen molar-refractivity contribution in [2.24, 2.45) is 0 Å². The molecule has 2 aromatic heterocycles. The number of aromatic nitrogens is 2. The number of hydrogen-bond donors (Lipinski definition) is 1. The number of aryl methyl sites for hydroxylation is 1. The Bertz CT molecular complexity index is 542. The molecule has 0 saturated heterocycles. The predicted octanol–water partition coefficient (Wildman–Crippen LogP) is 3.66. The number of hydrogen-bond acceptors (Lipinski definition) is 4. The van der Waals surface area contributed by atoms with Gasteiger partial charge >= 0.3 is 0 Å². The summed E-state index contributed by atoms with van der Waals surface area (Å²) < 4.78 is 0. The van der Waals surface area contributed by atoms with Gasteiger partial charge in [0.15, 0.2) is 0 Å². The van der Waals surface area contributed by atoms with Gasteiger partial charge in [0.2, 0.25) is 0 Å². The SMILES string of the molecule is CNC(Cc1csc(C)n1)c1ncc(Cl)cc1Cl. The van der Waals surface area contributed by atoms with Crippen LogP contribution >= 0.6 is 34.5 Å². The maximum absolute atomic E-state index is 6.17. The van der Waals surface area contributed by atoms with Gasteiger partial charge in [-0.2, -0.15) is 0 Å². The van der Waals surface area contributed by atoms with Crippen LogP contribution in [-0.4, -0.2) is 17.0 Å². The summed E-state index contributed by atoms with van der Waals surface area (Å²) in [4.78, 5) is 8.75. The van der Waals surface area contributed by atoms with Crippen molar-refractivity contribution in [1.82, 2.24) is 15.3 Å². The number of halogens is 2. The zero-order chi connectivity index (χ0) is 13.1. The van der Waals surface area contributed by atoms with Crippen LogP contribution in [0.3, 0.4) is 0 Å². The lowest BCUT2D eigenvalue weighted by Gasteiger charge is -2.15. The maximum atomic E-state index is 6.17. The second-order valence-electron chi connectivity index (χ2n) is 3.92. The maximum Gasteiger partial charge on any atom is 0.0897 e. The predicted molar refractivity (Wildman–Crippen MR) is 76.6 cm³/mol. The fourth-order valence-electron chi connectivity index (χ4n) is 1.73. The average molecular weight is 302 g/mol. The average Bonchev–Trinajstić information content (AvgIpc) is 2.72. The molecule has 0 spiro atoms. The highest BCUT2D eigenvalue weighted by atomic mass is 35.5. The topological polar surface area (TPSA) is 37.8 Å². The van der Waals surface area contributed by atoms with Gasteiger partial charge in [-0.05, 0) is 20.0 Å². The van der Waals surface area contributed by atoms with E-state index in [-0.39, 0.29) is 6.04 Å². The second-order valence-corrected chi connectivity index (χ2v) is 5.83. The van der Waals surface area contributed by atoms with Gasteiger partial charge < -0.3 is 5.32 Å². The first-order chi connectivity index (χ1) is 8.60. The molecule has 0 amide bonds. The number of rotatable bonds is 4. The molecule has 0 aliphatic heterocycles. The molecule has 18 heavy (non-hydrogen) atoms. The molecule has 2 rings (SSSR count). The van der Waals surface area contributed by atoms with Crippen molar-refractivity contribution in [3.63, 3.8) is 0 Å². The molecule has 1 unspecified atom stereocenters. The number of nitrogens with one attached hydrogen (secondary N) is 1. The Balaban J connectivity index is 2.22. The summed E-state index contributed by atoms with van der Waals surface area (Å²) in [5, 5.41) is 7.46. The summed E-state index contributed by atoms with van der Waals surface area (Å²) in [6, 6.07) is 1.75. The highest BCUT2D eigenvalue weighted by Gasteiger charge is 2.16. The van der Waals surface area contributed by atoms with Crippen molar-refractivity contribution in [3.8, 4) is 0 Å². The molecule has 0 aliphatic carbocycles. The van der Waals surface area contributed by atoms with Gasteiger partial charge in [0.25, 0.3) is 0 Å². The van der Waals surface area contributed by atoms with Crippen LogP contribution in [0.5, 0.6) is 0 Å². The standard InChI is InChI=1S/C12H13Cl2N3S/c1-7-17-9(6-18-7)4-11(15-2)12-10(14)3-8(13)5-16-12/h3,5-6,11,15H,4H2,1-2H3. The molecular weight excluding hydrogens is 289 g/mol. The molecule has 1 atom stereocenters.